The standard InChI is InChI=1S/C16H21N3O2S2/c1-12-9-17-7-8-19(12)10-14-11-22-16(18-14)13-3-5-15(6-4-13)23(2,20)21/h3-6,11-12,17H,7-10H2,1-2H3/t12-/m0/s1. The SMILES string of the molecule is C[C@H]1CNCCN1Cc1csc(-c2ccc(S(C)(=O)=O)cc2)n1. The molecule has 7 heteroatoms. The van der Waals surface area contributed by atoms with Crippen LogP contribution in [0.2, 0.25) is 0 Å². The topological polar surface area (TPSA) is 62.3 Å². The summed E-state index contributed by atoms with van der Waals surface area (Å²) < 4.78 is 23.0. The van der Waals surface area contributed by atoms with E-state index in [0.717, 1.165) is 42.4 Å². The molecule has 2 heterocycles. The Labute approximate surface area is 141 Å². The fraction of sp³-hybridized carbons (Fsp3) is 0.438. The molecule has 1 atom stereocenters. The molecule has 3 rings (SSSR count). The quantitative estimate of drug-likeness (QED) is 0.913. The third-order valence-corrected chi connectivity index (χ3v) is 6.15. The van der Waals surface area contributed by atoms with E-state index in [1.807, 2.05) is 12.1 Å². The van der Waals surface area contributed by atoms with Crippen molar-refractivity contribution in [1.82, 2.24) is 15.2 Å². The highest BCUT2D eigenvalue weighted by Crippen LogP contribution is 2.25. The maximum Gasteiger partial charge on any atom is 0.175 e. The van der Waals surface area contributed by atoms with Gasteiger partial charge in [0.15, 0.2) is 9.84 Å². The van der Waals surface area contributed by atoms with E-state index in [-0.39, 0.29) is 0 Å². The average Bonchev–Trinajstić information content (AvgIpc) is 2.97. The minimum atomic E-state index is -3.15. The van der Waals surface area contributed by atoms with E-state index in [0.29, 0.717) is 10.9 Å². The van der Waals surface area contributed by atoms with Gasteiger partial charge in [-0.3, -0.25) is 4.90 Å². The molecule has 0 radical (unpaired) electrons. The molecule has 1 aromatic heterocycles. The number of rotatable bonds is 4. The predicted molar refractivity (Wildman–Crippen MR) is 93.4 cm³/mol. The molecule has 0 saturated carbocycles. The van der Waals surface area contributed by atoms with E-state index in [9.17, 15) is 8.42 Å². The van der Waals surface area contributed by atoms with E-state index in [1.54, 1.807) is 23.5 Å². The van der Waals surface area contributed by atoms with Crippen molar-refractivity contribution < 1.29 is 8.42 Å². The molecule has 0 amide bonds. The minimum absolute atomic E-state index is 0.340. The van der Waals surface area contributed by atoms with Gasteiger partial charge in [-0.15, -0.1) is 11.3 Å². The number of sulfone groups is 1. The molecule has 1 aromatic carbocycles. The second-order valence-corrected chi connectivity index (χ2v) is 8.84. The smallest absolute Gasteiger partial charge is 0.175 e. The Kier molecular flexibility index (Phi) is 4.82. The van der Waals surface area contributed by atoms with Gasteiger partial charge in [0.25, 0.3) is 0 Å². The van der Waals surface area contributed by atoms with Gasteiger partial charge in [-0.2, -0.15) is 0 Å². The van der Waals surface area contributed by atoms with E-state index >= 15 is 0 Å². The van der Waals surface area contributed by atoms with E-state index in [2.05, 4.69) is 22.5 Å². The van der Waals surface area contributed by atoms with Gasteiger partial charge in [0, 0.05) is 49.4 Å². The molecule has 1 aliphatic heterocycles. The number of benzene rings is 1. The van der Waals surface area contributed by atoms with Crippen LogP contribution < -0.4 is 5.32 Å². The lowest BCUT2D eigenvalue weighted by molar-refractivity contribution is 0.164. The van der Waals surface area contributed by atoms with Gasteiger partial charge < -0.3 is 5.32 Å². The Morgan fingerprint density at radius 1 is 1.35 bits per heavy atom. The zero-order valence-electron chi connectivity index (χ0n) is 13.3. The summed E-state index contributed by atoms with van der Waals surface area (Å²) in [7, 11) is -3.15. The zero-order valence-corrected chi connectivity index (χ0v) is 15.0. The van der Waals surface area contributed by atoms with Gasteiger partial charge in [0.05, 0.1) is 10.6 Å². The van der Waals surface area contributed by atoms with Crippen molar-refractivity contribution in [2.45, 2.75) is 24.4 Å². The van der Waals surface area contributed by atoms with Crippen molar-refractivity contribution in [3.8, 4) is 10.6 Å². The number of nitrogens with zero attached hydrogens (tertiary/aromatic N) is 2. The van der Waals surface area contributed by atoms with Crippen LogP contribution in [0, 0.1) is 0 Å². The maximum absolute atomic E-state index is 11.5. The highest BCUT2D eigenvalue weighted by atomic mass is 32.2. The van der Waals surface area contributed by atoms with Crippen molar-refractivity contribution in [3.63, 3.8) is 0 Å². The molecule has 5 nitrogen and oxygen atoms in total. The molecule has 0 aliphatic carbocycles. The largest absolute Gasteiger partial charge is 0.314 e. The van der Waals surface area contributed by atoms with Crippen LogP contribution in [-0.4, -0.2) is 50.2 Å². The number of hydrogen-bond donors (Lipinski definition) is 1. The number of nitrogens with one attached hydrogen (secondary N) is 1. The Morgan fingerprint density at radius 2 is 2.09 bits per heavy atom. The summed E-state index contributed by atoms with van der Waals surface area (Å²) in [5.74, 6) is 0. The van der Waals surface area contributed by atoms with Crippen LogP contribution in [0.5, 0.6) is 0 Å². The molecule has 1 saturated heterocycles. The van der Waals surface area contributed by atoms with E-state index in [4.69, 9.17) is 4.98 Å². The zero-order chi connectivity index (χ0) is 16.4. The van der Waals surface area contributed by atoms with Crippen LogP contribution in [0.15, 0.2) is 34.5 Å². The van der Waals surface area contributed by atoms with Crippen LogP contribution >= 0.6 is 11.3 Å². The van der Waals surface area contributed by atoms with Gasteiger partial charge in [-0.05, 0) is 19.1 Å². The van der Waals surface area contributed by atoms with Gasteiger partial charge in [0.1, 0.15) is 5.01 Å². The summed E-state index contributed by atoms with van der Waals surface area (Å²) >= 11 is 1.60. The first-order valence-corrected chi connectivity index (χ1v) is 10.4. The first-order chi connectivity index (χ1) is 10.9. The van der Waals surface area contributed by atoms with Crippen LogP contribution in [0.4, 0.5) is 0 Å². The Hall–Kier alpha value is -1.28. The number of hydrogen-bond acceptors (Lipinski definition) is 6. The normalized spacial score (nSPS) is 19.8. The van der Waals surface area contributed by atoms with Gasteiger partial charge in [-0.1, -0.05) is 12.1 Å². The fourth-order valence-corrected chi connectivity index (χ4v) is 4.13. The molecule has 1 aliphatic rings. The van der Waals surface area contributed by atoms with Crippen LogP contribution in [-0.2, 0) is 16.4 Å². The second-order valence-electron chi connectivity index (χ2n) is 5.96. The molecule has 2 aromatic rings. The molecule has 0 bridgehead atoms. The van der Waals surface area contributed by atoms with Crippen LogP contribution in [0.1, 0.15) is 12.6 Å². The molecular weight excluding hydrogens is 330 g/mol. The Bertz CT molecular complexity index is 769. The van der Waals surface area contributed by atoms with Gasteiger partial charge in [0.2, 0.25) is 0 Å². The predicted octanol–water partition coefficient (Wildman–Crippen LogP) is 2.01. The molecule has 23 heavy (non-hydrogen) atoms. The lowest BCUT2D eigenvalue weighted by Gasteiger charge is -2.33. The summed E-state index contributed by atoms with van der Waals surface area (Å²) in [5.41, 5.74) is 2.04. The highest BCUT2D eigenvalue weighted by molar-refractivity contribution is 7.90. The molecular formula is C16H21N3O2S2. The van der Waals surface area contributed by atoms with Crippen molar-refractivity contribution in [1.29, 1.82) is 0 Å². The highest BCUT2D eigenvalue weighted by Gasteiger charge is 2.19. The van der Waals surface area contributed by atoms with Crippen LogP contribution in [0.25, 0.3) is 10.6 Å². The maximum atomic E-state index is 11.5. The van der Waals surface area contributed by atoms with Crippen LogP contribution in [0.3, 0.4) is 0 Å². The monoisotopic (exact) mass is 351 g/mol. The summed E-state index contributed by atoms with van der Waals surface area (Å²) in [6.45, 7) is 6.17. The second kappa shape index (κ2) is 6.68. The summed E-state index contributed by atoms with van der Waals surface area (Å²) in [5, 5.41) is 6.42. The third kappa shape index (κ3) is 3.98. The lowest BCUT2D eigenvalue weighted by atomic mass is 10.2. The number of thiazole rings is 1. The lowest BCUT2D eigenvalue weighted by Crippen LogP contribution is -2.49. The molecule has 124 valence electrons. The van der Waals surface area contributed by atoms with Gasteiger partial charge >= 0.3 is 0 Å². The fourth-order valence-electron chi connectivity index (χ4n) is 2.68. The molecule has 0 spiro atoms. The molecule has 0 unspecified atom stereocenters. The average molecular weight is 351 g/mol. The third-order valence-electron chi connectivity index (χ3n) is 4.09. The summed E-state index contributed by atoms with van der Waals surface area (Å²) in [6, 6.07) is 7.45. The first-order valence-electron chi connectivity index (χ1n) is 7.63. The van der Waals surface area contributed by atoms with Crippen molar-refractivity contribution in [2.75, 3.05) is 25.9 Å². The van der Waals surface area contributed by atoms with Gasteiger partial charge in [-0.25, -0.2) is 13.4 Å². The van der Waals surface area contributed by atoms with E-state index < -0.39 is 9.84 Å². The van der Waals surface area contributed by atoms with E-state index in [1.165, 1.54) is 6.26 Å². The minimum Gasteiger partial charge on any atom is -0.314 e. The number of aromatic nitrogens is 1. The summed E-state index contributed by atoms with van der Waals surface area (Å²) in [6.07, 6.45) is 1.22. The Balaban J connectivity index is 1.74. The van der Waals surface area contributed by atoms with Crippen molar-refractivity contribution in [2.24, 2.45) is 0 Å². The summed E-state index contributed by atoms with van der Waals surface area (Å²) in [4.78, 5) is 7.48. The van der Waals surface area contributed by atoms with Crippen molar-refractivity contribution >= 4 is 21.2 Å². The number of piperazine rings is 1. The Morgan fingerprint density at radius 3 is 2.74 bits per heavy atom. The van der Waals surface area contributed by atoms with Crippen molar-refractivity contribution in [3.05, 3.63) is 35.3 Å². The molecule has 1 N–H and O–H groups in total. The first kappa shape index (κ1) is 16.6. The molecule has 1 fully saturated rings.